The van der Waals surface area contributed by atoms with E-state index in [2.05, 4.69) is 5.32 Å². The van der Waals surface area contributed by atoms with Crippen LogP contribution in [0.15, 0.2) is 18.2 Å². The Kier molecular flexibility index (Phi) is 6.07. The van der Waals surface area contributed by atoms with Gasteiger partial charge in [0.1, 0.15) is 5.82 Å². The molecular formula is C10H11ClF4N2O. The molecule has 0 aliphatic rings. The first-order valence-electron chi connectivity index (χ1n) is 4.71. The Morgan fingerprint density at radius 3 is 2.44 bits per heavy atom. The molecule has 0 heterocycles. The number of halogens is 5. The summed E-state index contributed by atoms with van der Waals surface area (Å²) < 4.78 is 50.2. The molecule has 8 heteroatoms. The summed E-state index contributed by atoms with van der Waals surface area (Å²) in [5.74, 6) is -1.92. The third-order valence-corrected chi connectivity index (χ3v) is 1.97. The van der Waals surface area contributed by atoms with Gasteiger partial charge in [0.2, 0.25) is 0 Å². The summed E-state index contributed by atoms with van der Waals surface area (Å²) in [6, 6.07) is 1.66. The number of alkyl halides is 3. The summed E-state index contributed by atoms with van der Waals surface area (Å²) >= 11 is 0. The molecule has 0 fully saturated rings. The lowest BCUT2D eigenvalue weighted by Crippen LogP contribution is -2.29. The lowest BCUT2D eigenvalue weighted by molar-refractivity contribution is -0.137. The van der Waals surface area contributed by atoms with Crippen molar-refractivity contribution in [1.29, 1.82) is 0 Å². The van der Waals surface area contributed by atoms with Gasteiger partial charge in [-0.2, -0.15) is 13.2 Å². The van der Waals surface area contributed by atoms with E-state index in [0.29, 0.717) is 18.2 Å². The van der Waals surface area contributed by atoms with Crippen LogP contribution in [0.25, 0.3) is 0 Å². The Balaban J connectivity index is 0.00000289. The maximum atomic E-state index is 13.2. The van der Waals surface area contributed by atoms with Crippen molar-refractivity contribution >= 4 is 18.3 Å². The lowest BCUT2D eigenvalue weighted by Gasteiger charge is -2.09. The van der Waals surface area contributed by atoms with Gasteiger partial charge in [-0.3, -0.25) is 4.79 Å². The molecule has 1 amide bonds. The number of carbonyl (C=O) groups is 1. The molecule has 102 valence electrons. The van der Waals surface area contributed by atoms with E-state index in [1.54, 1.807) is 0 Å². The van der Waals surface area contributed by atoms with Gasteiger partial charge >= 0.3 is 6.18 Å². The molecule has 0 atom stereocenters. The molecule has 0 aliphatic heterocycles. The number of nitrogens with two attached hydrogens (primary N) is 1. The zero-order chi connectivity index (χ0) is 13.1. The minimum absolute atomic E-state index is 0. The SMILES string of the molecule is Cl.NCCNC(=O)c1cc(C(F)(F)F)ccc1F. The summed E-state index contributed by atoms with van der Waals surface area (Å²) in [5.41, 5.74) is 3.39. The molecule has 0 aromatic heterocycles. The van der Waals surface area contributed by atoms with Gasteiger partial charge in [-0.1, -0.05) is 0 Å². The van der Waals surface area contributed by atoms with Gasteiger partial charge in [0.05, 0.1) is 11.1 Å². The fourth-order valence-corrected chi connectivity index (χ4v) is 1.16. The van der Waals surface area contributed by atoms with Crippen LogP contribution in [0, 0.1) is 5.82 Å². The molecule has 3 nitrogen and oxygen atoms in total. The summed E-state index contributed by atoms with van der Waals surface area (Å²) in [4.78, 5) is 11.3. The monoisotopic (exact) mass is 286 g/mol. The van der Waals surface area contributed by atoms with Crippen LogP contribution in [-0.4, -0.2) is 19.0 Å². The van der Waals surface area contributed by atoms with Gasteiger partial charge < -0.3 is 11.1 Å². The van der Waals surface area contributed by atoms with Gasteiger partial charge in [-0.25, -0.2) is 4.39 Å². The Labute approximate surface area is 107 Å². The minimum atomic E-state index is -4.61. The molecule has 0 aliphatic carbocycles. The highest BCUT2D eigenvalue weighted by atomic mass is 35.5. The molecule has 0 saturated heterocycles. The van der Waals surface area contributed by atoms with Gasteiger partial charge in [0, 0.05) is 13.1 Å². The highest BCUT2D eigenvalue weighted by Crippen LogP contribution is 2.30. The van der Waals surface area contributed by atoms with E-state index in [0.717, 1.165) is 0 Å². The highest BCUT2D eigenvalue weighted by molar-refractivity contribution is 5.94. The van der Waals surface area contributed by atoms with Crippen molar-refractivity contribution in [3.63, 3.8) is 0 Å². The molecule has 1 aromatic rings. The second-order valence-electron chi connectivity index (χ2n) is 3.24. The molecule has 1 aromatic carbocycles. The summed E-state index contributed by atoms with van der Waals surface area (Å²) in [6.07, 6.45) is -4.61. The van der Waals surface area contributed by atoms with Crippen molar-refractivity contribution in [3.05, 3.63) is 35.1 Å². The number of benzene rings is 1. The first kappa shape index (κ1) is 16.7. The quantitative estimate of drug-likeness (QED) is 0.835. The number of carbonyl (C=O) groups excluding carboxylic acids is 1. The van der Waals surface area contributed by atoms with E-state index in [1.165, 1.54) is 0 Å². The maximum Gasteiger partial charge on any atom is 0.416 e. The average molecular weight is 287 g/mol. The fraction of sp³-hybridized carbons (Fsp3) is 0.300. The molecule has 18 heavy (non-hydrogen) atoms. The maximum absolute atomic E-state index is 13.2. The third kappa shape index (κ3) is 4.15. The van der Waals surface area contributed by atoms with Crippen molar-refractivity contribution in [2.24, 2.45) is 5.73 Å². The second-order valence-corrected chi connectivity index (χ2v) is 3.24. The second kappa shape index (κ2) is 6.55. The lowest BCUT2D eigenvalue weighted by atomic mass is 10.1. The van der Waals surface area contributed by atoms with Crippen molar-refractivity contribution in [2.45, 2.75) is 6.18 Å². The van der Waals surface area contributed by atoms with Gasteiger partial charge in [-0.15, -0.1) is 12.4 Å². The van der Waals surface area contributed by atoms with E-state index < -0.39 is 29.0 Å². The molecule has 0 radical (unpaired) electrons. The zero-order valence-electron chi connectivity index (χ0n) is 9.05. The molecule has 3 N–H and O–H groups in total. The standard InChI is InChI=1S/C10H10F4N2O.ClH/c11-8-2-1-6(10(12,13)14)5-7(8)9(17)16-4-3-15;/h1-2,5H,3-4,15H2,(H,16,17);1H. The minimum Gasteiger partial charge on any atom is -0.351 e. The van der Waals surface area contributed by atoms with Crippen molar-refractivity contribution in [3.8, 4) is 0 Å². The van der Waals surface area contributed by atoms with E-state index in [9.17, 15) is 22.4 Å². The van der Waals surface area contributed by atoms with Crippen LogP contribution in [0.2, 0.25) is 0 Å². The number of amides is 1. The van der Waals surface area contributed by atoms with Gasteiger partial charge in [-0.05, 0) is 18.2 Å². The molecule has 1 rings (SSSR count). The number of rotatable bonds is 3. The normalized spacial score (nSPS) is 10.7. The van der Waals surface area contributed by atoms with Crippen molar-refractivity contribution in [1.82, 2.24) is 5.32 Å². The van der Waals surface area contributed by atoms with Gasteiger partial charge in [0.25, 0.3) is 5.91 Å². The summed E-state index contributed by atoms with van der Waals surface area (Å²) in [7, 11) is 0. The highest BCUT2D eigenvalue weighted by Gasteiger charge is 2.31. The Morgan fingerprint density at radius 1 is 1.33 bits per heavy atom. The predicted octanol–water partition coefficient (Wildman–Crippen LogP) is 1.95. The predicted molar refractivity (Wildman–Crippen MR) is 60.0 cm³/mol. The summed E-state index contributed by atoms with van der Waals surface area (Å²) in [6.45, 7) is 0.181. The zero-order valence-corrected chi connectivity index (χ0v) is 9.87. The van der Waals surface area contributed by atoms with E-state index >= 15 is 0 Å². The third-order valence-electron chi connectivity index (χ3n) is 1.97. The largest absolute Gasteiger partial charge is 0.416 e. The average Bonchev–Trinajstić information content (AvgIpc) is 2.24. The molecular weight excluding hydrogens is 276 g/mol. The Morgan fingerprint density at radius 2 is 1.94 bits per heavy atom. The van der Waals surface area contributed by atoms with Crippen LogP contribution < -0.4 is 11.1 Å². The Bertz CT molecular complexity index is 423. The van der Waals surface area contributed by atoms with E-state index in [1.807, 2.05) is 0 Å². The number of hydrogen-bond donors (Lipinski definition) is 2. The van der Waals surface area contributed by atoms with Crippen LogP contribution in [0.3, 0.4) is 0 Å². The van der Waals surface area contributed by atoms with Crippen LogP contribution in [0.1, 0.15) is 15.9 Å². The van der Waals surface area contributed by atoms with Crippen molar-refractivity contribution in [2.75, 3.05) is 13.1 Å². The first-order chi connectivity index (χ1) is 7.86. The topological polar surface area (TPSA) is 55.1 Å². The van der Waals surface area contributed by atoms with Crippen LogP contribution in [0.4, 0.5) is 17.6 Å². The smallest absolute Gasteiger partial charge is 0.351 e. The summed E-state index contributed by atoms with van der Waals surface area (Å²) in [5, 5.41) is 2.20. The molecule has 0 unspecified atom stereocenters. The van der Waals surface area contributed by atoms with Crippen molar-refractivity contribution < 1.29 is 22.4 Å². The molecule has 0 bridgehead atoms. The number of nitrogens with one attached hydrogen (secondary N) is 1. The number of hydrogen-bond acceptors (Lipinski definition) is 2. The molecule has 0 spiro atoms. The van der Waals surface area contributed by atoms with Crippen LogP contribution >= 0.6 is 12.4 Å². The fourth-order valence-electron chi connectivity index (χ4n) is 1.16. The van der Waals surface area contributed by atoms with Crippen LogP contribution in [-0.2, 0) is 6.18 Å². The van der Waals surface area contributed by atoms with E-state index in [-0.39, 0.29) is 25.5 Å². The van der Waals surface area contributed by atoms with Crippen LogP contribution in [0.5, 0.6) is 0 Å². The van der Waals surface area contributed by atoms with Gasteiger partial charge in [0.15, 0.2) is 0 Å². The van der Waals surface area contributed by atoms with E-state index in [4.69, 9.17) is 5.73 Å². The molecule has 0 saturated carbocycles. The Hall–Kier alpha value is -1.34. The first-order valence-corrected chi connectivity index (χ1v) is 4.71.